The molecule has 3 nitrogen and oxygen atoms in total. The van der Waals surface area contributed by atoms with Crippen LogP contribution in [-0.2, 0) is 9.84 Å². The normalized spacial score (nSPS) is 29.0. The van der Waals surface area contributed by atoms with E-state index in [0.29, 0.717) is 6.54 Å². The van der Waals surface area contributed by atoms with Gasteiger partial charge < -0.3 is 5.73 Å². The van der Waals surface area contributed by atoms with Crippen molar-refractivity contribution in [2.75, 3.05) is 12.3 Å². The van der Waals surface area contributed by atoms with E-state index >= 15 is 0 Å². The molecular weight excluding hydrogens is 222 g/mol. The Morgan fingerprint density at radius 1 is 1.25 bits per heavy atom. The molecule has 3 atom stereocenters. The highest BCUT2D eigenvalue weighted by Gasteiger charge is 2.56. The van der Waals surface area contributed by atoms with E-state index in [9.17, 15) is 8.42 Å². The van der Waals surface area contributed by atoms with E-state index in [2.05, 4.69) is 0 Å². The van der Waals surface area contributed by atoms with Gasteiger partial charge in [-0.25, -0.2) is 8.42 Å². The maximum absolute atomic E-state index is 11.9. The van der Waals surface area contributed by atoms with Crippen molar-refractivity contribution in [2.24, 2.45) is 11.7 Å². The van der Waals surface area contributed by atoms with E-state index in [1.807, 2.05) is 30.3 Å². The third-order valence-corrected chi connectivity index (χ3v) is 5.65. The van der Waals surface area contributed by atoms with Gasteiger partial charge in [0.1, 0.15) is 0 Å². The fraction of sp³-hybridized carbons (Fsp3) is 0.500. The summed E-state index contributed by atoms with van der Waals surface area (Å²) in [6.07, 6.45) is 0. The zero-order valence-corrected chi connectivity index (χ0v) is 10.2. The van der Waals surface area contributed by atoms with Gasteiger partial charge in [0.25, 0.3) is 0 Å². The van der Waals surface area contributed by atoms with Crippen LogP contribution >= 0.6 is 0 Å². The SMILES string of the molecule is CCS(=O)(=O)C1C(CN)C1c1ccccc1. The summed E-state index contributed by atoms with van der Waals surface area (Å²) in [6, 6.07) is 9.79. The minimum Gasteiger partial charge on any atom is -0.330 e. The lowest BCUT2D eigenvalue weighted by Gasteiger charge is -2.00. The topological polar surface area (TPSA) is 60.2 Å². The van der Waals surface area contributed by atoms with E-state index in [-0.39, 0.29) is 22.8 Å². The molecule has 1 saturated carbocycles. The summed E-state index contributed by atoms with van der Waals surface area (Å²) < 4.78 is 23.7. The molecule has 0 spiro atoms. The van der Waals surface area contributed by atoms with Crippen molar-refractivity contribution in [1.29, 1.82) is 0 Å². The Hall–Kier alpha value is -0.870. The lowest BCUT2D eigenvalue weighted by Crippen LogP contribution is -2.15. The smallest absolute Gasteiger partial charge is 0.153 e. The maximum atomic E-state index is 11.9. The summed E-state index contributed by atoms with van der Waals surface area (Å²) in [5, 5.41) is -0.259. The Bertz CT molecular complexity index is 455. The number of nitrogens with two attached hydrogens (primary N) is 1. The van der Waals surface area contributed by atoms with Gasteiger partial charge in [0, 0.05) is 11.7 Å². The predicted molar refractivity (Wildman–Crippen MR) is 65.0 cm³/mol. The van der Waals surface area contributed by atoms with E-state index < -0.39 is 9.84 Å². The first-order valence-corrected chi connectivity index (χ1v) is 7.30. The van der Waals surface area contributed by atoms with Gasteiger partial charge in [-0.05, 0) is 18.0 Å². The summed E-state index contributed by atoms with van der Waals surface area (Å²) in [4.78, 5) is 0. The molecule has 2 rings (SSSR count). The molecule has 4 heteroatoms. The maximum Gasteiger partial charge on any atom is 0.153 e. The zero-order valence-electron chi connectivity index (χ0n) is 9.34. The molecule has 1 fully saturated rings. The summed E-state index contributed by atoms with van der Waals surface area (Å²) in [5.41, 5.74) is 6.74. The van der Waals surface area contributed by atoms with Gasteiger partial charge in [0.05, 0.1) is 5.25 Å². The monoisotopic (exact) mass is 239 g/mol. The van der Waals surface area contributed by atoms with Crippen molar-refractivity contribution in [1.82, 2.24) is 0 Å². The van der Waals surface area contributed by atoms with Crippen LogP contribution in [0.5, 0.6) is 0 Å². The minimum atomic E-state index is -2.96. The average Bonchev–Trinajstić information content (AvgIpc) is 3.05. The van der Waals surface area contributed by atoms with Gasteiger partial charge in [0.2, 0.25) is 0 Å². The highest BCUT2D eigenvalue weighted by atomic mass is 32.2. The van der Waals surface area contributed by atoms with Gasteiger partial charge in [-0.1, -0.05) is 37.3 Å². The predicted octanol–water partition coefficient (Wildman–Crippen LogP) is 1.16. The fourth-order valence-electron chi connectivity index (χ4n) is 2.42. The van der Waals surface area contributed by atoms with E-state index in [1.54, 1.807) is 6.92 Å². The first kappa shape index (κ1) is 11.6. The van der Waals surface area contributed by atoms with Crippen LogP contribution in [0.15, 0.2) is 30.3 Å². The molecule has 0 aliphatic heterocycles. The minimum absolute atomic E-state index is 0.104. The number of sulfone groups is 1. The molecule has 0 amide bonds. The second-order valence-electron chi connectivity index (χ2n) is 4.25. The standard InChI is InChI=1S/C12H17NO2S/c1-2-16(14,15)12-10(8-13)11(12)9-6-4-3-5-7-9/h3-7,10-12H,2,8,13H2,1H3. The van der Waals surface area contributed by atoms with Gasteiger partial charge in [0.15, 0.2) is 9.84 Å². The number of rotatable bonds is 4. The van der Waals surface area contributed by atoms with Gasteiger partial charge in [-0.2, -0.15) is 0 Å². The van der Waals surface area contributed by atoms with Crippen molar-refractivity contribution in [3.63, 3.8) is 0 Å². The van der Waals surface area contributed by atoms with Crippen molar-refractivity contribution < 1.29 is 8.42 Å². The van der Waals surface area contributed by atoms with Crippen LogP contribution in [0.1, 0.15) is 18.4 Å². The molecule has 1 aliphatic rings. The van der Waals surface area contributed by atoms with E-state index in [0.717, 1.165) is 5.56 Å². The van der Waals surface area contributed by atoms with Crippen LogP contribution in [0.3, 0.4) is 0 Å². The number of benzene rings is 1. The third kappa shape index (κ3) is 1.87. The molecule has 1 aromatic carbocycles. The third-order valence-electron chi connectivity index (χ3n) is 3.37. The Kier molecular flexibility index (Phi) is 3.04. The summed E-state index contributed by atoms with van der Waals surface area (Å²) >= 11 is 0. The van der Waals surface area contributed by atoms with Crippen LogP contribution in [0.4, 0.5) is 0 Å². The van der Waals surface area contributed by atoms with Gasteiger partial charge >= 0.3 is 0 Å². The molecule has 1 aromatic rings. The molecule has 1 aliphatic carbocycles. The lowest BCUT2D eigenvalue weighted by atomic mass is 10.1. The van der Waals surface area contributed by atoms with Gasteiger partial charge in [-0.3, -0.25) is 0 Å². The second-order valence-corrected chi connectivity index (χ2v) is 6.70. The van der Waals surface area contributed by atoms with Crippen molar-refractivity contribution >= 4 is 9.84 Å². The lowest BCUT2D eigenvalue weighted by molar-refractivity contribution is 0.593. The van der Waals surface area contributed by atoms with Crippen LogP contribution in [0.2, 0.25) is 0 Å². The zero-order chi connectivity index (χ0) is 11.8. The molecular formula is C12H17NO2S. The van der Waals surface area contributed by atoms with E-state index in [1.165, 1.54) is 0 Å². The Balaban J connectivity index is 2.26. The molecule has 0 radical (unpaired) electrons. The molecule has 2 N–H and O–H groups in total. The summed E-state index contributed by atoms with van der Waals surface area (Å²) in [7, 11) is -2.96. The second kappa shape index (κ2) is 4.18. The highest BCUT2D eigenvalue weighted by molar-refractivity contribution is 7.92. The van der Waals surface area contributed by atoms with Crippen molar-refractivity contribution in [3.8, 4) is 0 Å². The Morgan fingerprint density at radius 3 is 2.38 bits per heavy atom. The fourth-order valence-corrected chi connectivity index (χ4v) is 4.33. The summed E-state index contributed by atoms with van der Waals surface area (Å²) in [6.45, 7) is 2.15. The number of hydrogen-bond donors (Lipinski definition) is 1. The van der Waals surface area contributed by atoms with Crippen LogP contribution in [0, 0.1) is 5.92 Å². The quantitative estimate of drug-likeness (QED) is 0.857. The molecule has 16 heavy (non-hydrogen) atoms. The molecule has 0 aromatic heterocycles. The molecule has 88 valence electrons. The number of hydrogen-bond acceptors (Lipinski definition) is 3. The first-order valence-electron chi connectivity index (χ1n) is 5.58. The molecule has 0 heterocycles. The highest BCUT2D eigenvalue weighted by Crippen LogP contribution is 2.51. The van der Waals surface area contributed by atoms with Crippen LogP contribution < -0.4 is 5.73 Å². The van der Waals surface area contributed by atoms with Gasteiger partial charge in [-0.15, -0.1) is 0 Å². The Labute approximate surface area is 96.6 Å². The average molecular weight is 239 g/mol. The van der Waals surface area contributed by atoms with Crippen LogP contribution in [0.25, 0.3) is 0 Å². The van der Waals surface area contributed by atoms with Crippen molar-refractivity contribution in [2.45, 2.75) is 18.1 Å². The molecule has 0 saturated heterocycles. The first-order chi connectivity index (χ1) is 7.61. The van der Waals surface area contributed by atoms with E-state index in [4.69, 9.17) is 5.73 Å². The molecule has 0 bridgehead atoms. The summed E-state index contributed by atoms with van der Waals surface area (Å²) in [5.74, 6) is 0.417. The van der Waals surface area contributed by atoms with Crippen molar-refractivity contribution in [3.05, 3.63) is 35.9 Å². The van der Waals surface area contributed by atoms with Crippen LogP contribution in [-0.4, -0.2) is 26.0 Å². The largest absolute Gasteiger partial charge is 0.330 e. The Morgan fingerprint density at radius 2 is 1.88 bits per heavy atom. The molecule has 3 unspecified atom stereocenters.